The summed E-state index contributed by atoms with van der Waals surface area (Å²) in [6, 6.07) is -2.48. The van der Waals surface area contributed by atoms with Crippen LogP contribution >= 0.6 is 0 Å². The molecule has 3 rings (SSSR count). The number of nitrogens with zero attached hydrogens (tertiary/aromatic N) is 4. The second kappa shape index (κ2) is 19.9. The maximum atomic E-state index is 13.0. The van der Waals surface area contributed by atoms with Crippen LogP contribution in [0.15, 0.2) is 37.6 Å². The van der Waals surface area contributed by atoms with Gasteiger partial charge in [0.05, 0.1) is 19.0 Å². The Kier molecular flexibility index (Phi) is 15.4. The van der Waals surface area contributed by atoms with E-state index in [1.165, 1.54) is 39.8 Å². The second-order valence-electron chi connectivity index (χ2n) is 11.3. The van der Waals surface area contributed by atoms with Crippen molar-refractivity contribution >= 4 is 35.4 Å². The standard InChI is InChI=1S/C30H45N13O6/c1-19(44)40-25(10-22-13-31-16-37-22)28(47)34-4-7-43(8-5-35-29(48)26(41-20(2)45)11-23-14-32-17-38-23)9-6-36-30(49)27(42-21(3)46)12-24-15-33-18-39-24/h13-18,25-27H,4-12H2,1-3H3,(H,31,37)(H,32,38)(H,33,39)(H,34,47)(H,35,48)(H,36,49)(H,40,44)(H,41,45)(H,42,46). The largest absolute Gasteiger partial charge is 0.353 e. The molecule has 0 aliphatic carbocycles. The molecule has 9 N–H and O–H groups in total. The smallest absolute Gasteiger partial charge is 0.243 e. The molecule has 19 heteroatoms. The zero-order valence-electron chi connectivity index (χ0n) is 27.8. The molecule has 3 heterocycles. The first kappa shape index (κ1) is 37.9. The zero-order chi connectivity index (χ0) is 35.6. The summed E-state index contributed by atoms with van der Waals surface area (Å²) in [5, 5.41) is 16.5. The lowest BCUT2D eigenvalue weighted by Gasteiger charge is -2.25. The summed E-state index contributed by atoms with van der Waals surface area (Å²) in [7, 11) is 0. The summed E-state index contributed by atoms with van der Waals surface area (Å²) in [5.41, 5.74) is 2.03. The van der Waals surface area contributed by atoms with Gasteiger partial charge in [-0.3, -0.25) is 33.7 Å². The molecule has 266 valence electrons. The number of nitrogens with one attached hydrogen (secondary N) is 9. The van der Waals surface area contributed by atoms with Gasteiger partial charge in [0.15, 0.2) is 0 Å². The lowest BCUT2D eigenvalue weighted by molar-refractivity contribution is -0.128. The van der Waals surface area contributed by atoms with Gasteiger partial charge >= 0.3 is 0 Å². The highest BCUT2D eigenvalue weighted by atomic mass is 16.2. The first-order valence-electron chi connectivity index (χ1n) is 15.8. The predicted molar refractivity (Wildman–Crippen MR) is 175 cm³/mol. The molecule has 0 bridgehead atoms. The van der Waals surface area contributed by atoms with Crippen LogP contribution in [0.3, 0.4) is 0 Å². The average molecular weight is 684 g/mol. The fourth-order valence-electron chi connectivity index (χ4n) is 4.93. The fraction of sp³-hybridized carbons (Fsp3) is 0.500. The molecule has 0 saturated carbocycles. The molecule has 0 saturated heterocycles. The van der Waals surface area contributed by atoms with E-state index in [1.807, 2.05) is 4.90 Å². The van der Waals surface area contributed by atoms with Gasteiger partial charge in [-0.05, 0) is 0 Å². The number of H-pyrrole nitrogens is 3. The van der Waals surface area contributed by atoms with Crippen molar-refractivity contribution in [1.29, 1.82) is 0 Å². The SMILES string of the molecule is CC(=O)NC(Cc1cnc[nH]1)C(=O)NCCN(CCNC(=O)C(Cc1cnc[nH]1)NC(C)=O)CCNC(=O)C(Cc1cnc[nH]1)NC(C)=O. The Morgan fingerprint density at radius 1 is 0.551 bits per heavy atom. The van der Waals surface area contributed by atoms with Gasteiger partial charge in [-0.2, -0.15) is 0 Å². The van der Waals surface area contributed by atoms with E-state index in [1.54, 1.807) is 18.6 Å². The van der Waals surface area contributed by atoms with E-state index in [4.69, 9.17) is 0 Å². The monoisotopic (exact) mass is 683 g/mol. The highest BCUT2D eigenvalue weighted by Gasteiger charge is 2.23. The number of rotatable bonds is 21. The van der Waals surface area contributed by atoms with Gasteiger partial charge in [0.2, 0.25) is 35.4 Å². The summed E-state index contributed by atoms with van der Waals surface area (Å²) >= 11 is 0. The van der Waals surface area contributed by atoms with E-state index in [9.17, 15) is 28.8 Å². The number of aromatic nitrogens is 6. The van der Waals surface area contributed by atoms with Crippen LogP contribution in [0.25, 0.3) is 0 Å². The molecule has 0 radical (unpaired) electrons. The highest BCUT2D eigenvalue weighted by Crippen LogP contribution is 2.02. The highest BCUT2D eigenvalue weighted by molar-refractivity contribution is 5.88. The number of amides is 6. The minimum Gasteiger partial charge on any atom is -0.353 e. The third-order valence-corrected chi connectivity index (χ3v) is 7.20. The Balaban J connectivity index is 1.60. The van der Waals surface area contributed by atoms with Crippen LogP contribution in [0.2, 0.25) is 0 Å². The van der Waals surface area contributed by atoms with Crippen molar-refractivity contribution in [2.75, 3.05) is 39.3 Å². The first-order valence-corrected chi connectivity index (χ1v) is 15.8. The Morgan fingerprint density at radius 2 is 0.837 bits per heavy atom. The van der Waals surface area contributed by atoms with E-state index in [0.717, 1.165) is 0 Å². The summed E-state index contributed by atoms with van der Waals surface area (Å²) in [5.74, 6) is -2.24. The number of imidazole rings is 3. The molecular formula is C30H45N13O6. The Labute approximate surface area is 283 Å². The van der Waals surface area contributed by atoms with Crippen molar-refractivity contribution in [2.24, 2.45) is 0 Å². The summed E-state index contributed by atoms with van der Waals surface area (Å²) < 4.78 is 0. The molecule has 6 amide bonds. The first-order chi connectivity index (χ1) is 23.5. The van der Waals surface area contributed by atoms with Gasteiger partial charge < -0.3 is 46.9 Å². The number of hydrogen-bond donors (Lipinski definition) is 9. The summed E-state index contributed by atoms with van der Waals surface area (Å²) in [6.45, 7) is 5.58. The fourth-order valence-corrected chi connectivity index (χ4v) is 4.93. The van der Waals surface area contributed by atoms with Crippen molar-refractivity contribution < 1.29 is 28.8 Å². The van der Waals surface area contributed by atoms with Crippen LogP contribution in [0, 0.1) is 0 Å². The lowest BCUT2D eigenvalue weighted by Crippen LogP contribution is -2.51. The van der Waals surface area contributed by atoms with Crippen LogP contribution < -0.4 is 31.9 Å². The number of carbonyl (C=O) groups excluding carboxylic acids is 6. The second-order valence-corrected chi connectivity index (χ2v) is 11.3. The Bertz CT molecular complexity index is 1300. The minimum atomic E-state index is -0.828. The minimum absolute atomic E-state index is 0.197. The third-order valence-electron chi connectivity index (χ3n) is 7.20. The maximum Gasteiger partial charge on any atom is 0.243 e. The van der Waals surface area contributed by atoms with Crippen molar-refractivity contribution in [2.45, 2.75) is 58.2 Å². The van der Waals surface area contributed by atoms with E-state index in [0.29, 0.717) is 36.7 Å². The van der Waals surface area contributed by atoms with E-state index in [-0.39, 0.29) is 74.3 Å². The summed E-state index contributed by atoms with van der Waals surface area (Å²) in [4.78, 5) is 96.8. The normalized spacial score (nSPS) is 12.7. The van der Waals surface area contributed by atoms with E-state index in [2.05, 4.69) is 61.8 Å². The quantitative estimate of drug-likeness (QED) is 0.0551. The summed E-state index contributed by atoms with van der Waals surface area (Å²) in [6.07, 6.45) is 9.83. The Morgan fingerprint density at radius 3 is 1.06 bits per heavy atom. The van der Waals surface area contributed by atoms with Crippen LogP contribution in [0.1, 0.15) is 37.9 Å². The van der Waals surface area contributed by atoms with Crippen molar-refractivity contribution in [1.82, 2.24) is 66.7 Å². The van der Waals surface area contributed by atoms with Gasteiger partial charge in [-0.25, -0.2) is 15.0 Å². The molecular weight excluding hydrogens is 638 g/mol. The molecule has 0 aliphatic rings. The molecule has 3 atom stereocenters. The molecule has 3 unspecified atom stereocenters. The predicted octanol–water partition coefficient (Wildman–Crippen LogP) is -2.95. The molecule has 0 fully saturated rings. The molecule has 0 aliphatic heterocycles. The molecule has 3 aromatic heterocycles. The Hall–Kier alpha value is -5.59. The lowest BCUT2D eigenvalue weighted by atomic mass is 10.1. The van der Waals surface area contributed by atoms with Crippen LogP contribution in [-0.2, 0) is 48.0 Å². The molecule has 3 aromatic rings. The third kappa shape index (κ3) is 14.4. The molecule has 0 aromatic carbocycles. The van der Waals surface area contributed by atoms with Gasteiger partial charge in [-0.1, -0.05) is 0 Å². The van der Waals surface area contributed by atoms with Crippen LogP contribution in [0.5, 0.6) is 0 Å². The van der Waals surface area contributed by atoms with Gasteiger partial charge in [-0.15, -0.1) is 0 Å². The maximum absolute atomic E-state index is 13.0. The van der Waals surface area contributed by atoms with E-state index < -0.39 is 18.1 Å². The van der Waals surface area contributed by atoms with Crippen molar-refractivity contribution in [3.05, 3.63) is 54.7 Å². The van der Waals surface area contributed by atoms with Gasteiger partial charge in [0.25, 0.3) is 0 Å². The average Bonchev–Trinajstić information content (AvgIpc) is 3.84. The van der Waals surface area contributed by atoms with Gasteiger partial charge in [0, 0.05) is 115 Å². The number of hydrogen-bond acceptors (Lipinski definition) is 10. The van der Waals surface area contributed by atoms with Crippen molar-refractivity contribution in [3.63, 3.8) is 0 Å². The van der Waals surface area contributed by atoms with Crippen LogP contribution in [0.4, 0.5) is 0 Å². The van der Waals surface area contributed by atoms with Gasteiger partial charge in [0.1, 0.15) is 18.1 Å². The topological polar surface area (TPSA) is 264 Å². The number of carbonyl (C=O) groups is 6. The molecule has 0 spiro atoms. The van der Waals surface area contributed by atoms with E-state index >= 15 is 0 Å². The van der Waals surface area contributed by atoms with Crippen LogP contribution in [-0.4, -0.2) is 128 Å². The molecule has 49 heavy (non-hydrogen) atoms. The molecule has 19 nitrogen and oxygen atoms in total. The number of aromatic amines is 3. The zero-order valence-corrected chi connectivity index (χ0v) is 27.8. The van der Waals surface area contributed by atoms with Crippen molar-refractivity contribution in [3.8, 4) is 0 Å².